The SMILES string of the molecule is CCOC(=O)c1c(C)cc(O)c2ccc(-c3ccccc3)cc12. The molecule has 0 radical (unpaired) electrons. The number of benzene rings is 3. The molecule has 0 aromatic heterocycles. The molecule has 0 amide bonds. The quantitative estimate of drug-likeness (QED) is 0.714. The maximum Gasteiger partial charge on any atom is 0.339 e. The Morgan fingerprint density at radius 2 is 1.74 bits per heavy atom. The maximum atomic E-state index is 12.3. The minimum atomic E-state index is -0.361. The lowest BCUT2D eigenvalue weighted by atomic mass is 9.95. The number of phenolic OH excluding ortho intramolecular Hbond substituents is 1. The van der Waals surface area contributed by atoms with Crippen LogP contribution in [0, 0.1) is 6.92 Å². The van der Waals surface area contributed by atoms with E-state index in [0.717, 1.165) is 11.1 Å². The number of aryl methyl sites for hydroxylation is 1. The van der Waals surface area contributed by atoms with E-state index < -0.39 is 0 Å². The van der Waals surface area contributed by atoms with Gasteiger partial charge in [0.05, 0.1) is 12.2 Å². The normalized spacial score (nSPS) is 10.7. The summed E-state index contributed by atoms with van der Waals surface area (Å²) in [6.45, 7) is 3.91. The van der Waals surface area contributed by atoms with Gasteiger partial charge in [-0.3, -0.25) is 0 Å². The van der Waals surface area contributed by atoms with Crippen LogP contribution in [0.4, 0.5) is 0 Å². The molecule has 0 aliphatic heterocycles. The van der Waals surface area contributed by atoms with Gasteiger partial charge in [0.2, 0.25) is 0 Å². The molecule has 0 saturated carbocycles. The summed E-state index contributed by atoms with van der Waals surface area (Å²) in [4.78, 5) is 12.3. The third-order valence-corrected chi connectivity index (χ3v) is 3.90. The first-order chi connectivity index (χ1) is 11.1. The molecule has 0 fully saturated rings. The van der Waals surface area contributed by atoms with Gasteiger partial charge in [-0.05, 0) is 42.7 Å². The first kappa shape index (κ1) is 15.1. The molecule has 3 heteroatoms. The van der Waals surface area contributed by atoms with E-state index in [1.54, 1.807) is 19.9 Å². The van der Waals surface area contributed by atoms with E-state index in [9.17, 15) is 9.90 Å². The van der Waals surface area contributed by atoms with E-state index in [1.165, 1.54) is 0 Å². The maximum absolute atomic E-state index is 12.3. The number of hydrogen-bond acceptors (Lipinski definition) is 3. The van der Waals surface area contributed by atoms with Crippen LogP contribution in [0.3, 0.4) is 0 Å². The van der Waals surface area contributed by atoms with Gasteiger partial charge in [-0.1, -0.05) is 42.5 Å². The van der Waals surface area contributed by atoms with Crippen LogP contribution in [0.25, 0.3) is 21.9 Å². The average Bonchev–Trinajstić information content (AvgIpc) is 2.55. The second-order valence-corrected chi connectivity index (χ2v) is 5.43. The largest absolute Gasteiger partial charge is 0.507 e. The van der Waals surface area contributed by atoms with E-state index in [4.69, 9.17) is 4.74 Å². The predicted octanol–water partition coefficient (Wildman–Crippen LogP) is 4.70. The minimum Gasteiger partial charge on any atom is -0.507 e. The van der Waals surface area contributed by atoms with Crippen LogP contribution < -0.4 is 0 Å². The van der Waals surface area contributed by atoms with Gasteiger partial charge in [-0.15, -0.1) is 0 Å². The first-order valence-corrected chi connectivity index (χ1v) is 7.60. The molecule has 0 bridgehead atoms. The van der Waals surface area contributed by atoms with Crippen molar-refractivity contribution in [1.82, 2.24) is 0 Å². The number of carbonyl (C=O) groups is 1. The minimum absolute atomic E-state index is 0.171. The van der Waals surface area contributed by atoms with Crippen molar-refractivity contribution in [1.29, 1.82) is 0 Å². The van der Waals surface area contributed by atoms with E-state index in [-0.39, 0.29) is 11.7 Å². The number of carbonyl (C=O) groups excluding carboxylic acids is 1. The second kappa shape index (κ2) is 6.13. The Labute approximate surface area is 135 Å². The predicted molar refractivity (Wildman–Crippen MR) is 91.7 cm³/mol. The van der Waals surface area contributed by atoms with Crippen LogP contribution in [0.15, 0.2) is 54.6 Å². The van der Waals surface area contributed by atoms with E-state index in [1.807, 2.05) is 48.5 Å². The molecule has 3 rings (SSSR count). The monoisotopic (exact) mass is 306 g/mol. The van der Waals surface area contributed by atoms with Crippen LogP contribution in [0.1, 0.15) is 22.8 Å². The molecular formula is C20H18O3. The van der Waals surface area contributed by atoms with Gasteiger partial charge in [-0.2, -0.15) is 0 Å². The van der Waals surface area contributed by atoms with Crippen molar-refractivity contribution in [3.63, 3.8) is 0 Å². The number of ether oxygens (including phenoxy) is 1. The van der Waals surface area contributed by atoms with Gasteiger partial charge in [0.15, 0.2) is 0 Å². The van der Waals surface area contributed by atoms with Crippen LogP contribution in [0.5, 0.6) is 5.75 Å². The van der Waals surface area contributed by atoms with Crippen molar-refractivity contribution < 1.29 is 14.6 Å². The summed E-state index contributed by atoms with van der Waals surface area (Å²) in [6.07, 6.45) is 0. The van der Waals surface area contributed by atoms with Crippen LogP contribution >= 0.6 is 0 Å². The molecule has 1 N–H and O–H groups in total. The lowest BCUT2D eigenvalue weighted by molar-refractivity contribution is 0.0528. The van der Waals surface area contributed by atoms with Gasteiger partial charge in [0.1, 0.15) is 5.75 Å². The molecule has 0 aliphatic carbocycles. The molecular weight excluding hydrogens is 288 g/mol. The highest BCUT2D eigenvalue weighted by atomic mass is 16.5. The molecule has 0 spiro atoms. The average molecular weight is 306 g/mol. The molecule has 0 heterocycles. The van der Waals surface area contributed by atoms with Gasteiger partial charge in [-0.25, -0.2) is 4.79 Å². The van der Waals surface area contributed by atoms with Gasteiger partial charge >= 0.3 is 5.97 Å². The van der Waals surface area contributed by atoms with Crippen molar-refractivity contribution in [2.75, 3.05) is 6.61 Å². The molecule has 116 valence electrons. The number of rotatable bonds is 3. The molecule has 3 nitrogen and oxygen atoms in total. The fourth-order valence-corrected chi connectivity index (χ4v) is 2.83. The Kier molecular flexibility index (Phi) is 4.02. The van der Waals surface area contributed by atoms with Crippen molar-refractivity contribution in [3.05, 3.63) is 65.7 Å². The van der Waals surface area contributed by atoms with E-state index in [0.29, 0.717) is 28.5 Å². The second-order valence-electron chi connectivity index (χ2n) is 5.43. The van der Waals surface area contributed by atoms with E-state index >= 15 is 0 Å². The lowest BCUT2D eigenvalue weighted by Crippen LogP contribution is -2.07. The number of fused-ring (bicyclic) bond motifs is 1. The van der Waals surface area contributed by atoms with Crippen molar-refractivity contribution in [3.8, 4) is 16.9 Å². The fraction of sp³-hybridized carbons (Fsp3) is 0.150. The highest BCUT2D eigenvalue weighted by Crippen LogP contribution is 2.34. The van der Waals surface area contributed by atoms with E-state index in [2.05, 4.69) is 0 Å². The highest BCUT2D eigenvalue weighted by Gasteiger charge is 2.17. The molecule has 0 unspecified atom stereocenters. The highest BCUT2D eigenvalue weighted by molar-refractivity contribution is 6.08. The zero-order valence-corrected chi connectivity index (χ0v) is 13.2. The number of aromatic hydroxyl groups is 1. The Morgan fingerprint density at radius 3 is 2.43 bits per heavy atom. The van der Waals surface area contributed by atoms with Gasteiger partial charge in [0, 0.05) is 10.8 Å². The Morgan fingerprint density at radius 1 is 1.00 bits per heavy atom. The first-order valence-electron chi connectivity index (χ1n) is 7.60. The van der Waals surface area contributed by atoms with Gasteiger partial charge in [0.25, 0.3) is 0 Å². The Hall–Kier alpha value is -2.81. The summed E-state index contributed by atoms with van der Waals surface area (Å²) in [5, 5.41) is 11.6. The third-order valence-electron chi connectivity index (χ3n) is 3.90. The molecule has 23 heavy (non-hydrogen) atoms. The van der Waals surface area contributed by atoms with Crippen molar-refractivity contribution >= 4 is 16.7 Å². The van der Waals surface area contributed by atoms with Crippen LogP contribution in [-0.2, 0) is 4.74 Å². The van der Waals surface area contributed by atoms with Gasteiger partial charge < -0.3 is 9.84 Å². The molecule has 0 aliphatic rings. The van der Waals surface area contributed by atoms with Crippen molar-refractivity contribution in [2.45, 2.75) is 13.8 Å². The summed E-state index contributed by atoms with van der Waals surface area (Å²) >= 11 is 0. The molecule has 0 atom stereocenters. The zero-order valence-electron chi connectivity index (χ0n) is 13.2. The number of esters is 1. The Balaban J connectivity index is 2.27. The summed E-state index contributed by atoms with van der Waals surface area (Å²) in [7, 11) is 0. The summed E-state index contributed by atoms with van der Waals surface area (Å²) in [5.41, 5.74) is 3.27. The van der Waals surface area contributed by atoms with Crippen LogP contribution in [0.2, 0.25) is 0 Å². The molecule has 0 saturated heterocycles. The Bertz CT molecular complexity index is 867. The van der Waals surface area contributed by atoms with Crippen molar-refractivity contribution in [2.24, 2.45) is 0 Å². The summed E-state index contributed by atoms with van der Waals surface area (Å²) < 4.78 is 5.18. The standard InChI is InChI=1S/C20H18O3/c1-3-23-20(22)19-13(2)11-18(21)16-10-9-15(12-17(16)19)14-7-5-4-6-8-14/h4-12,21H,3H2,1-2H3. The lowest BCUT2D eigenvalue weighted by Gasteiger charge is -2.12. The summed E-state index contributed by atoms with van der Waals surface area (Å²) in [5.74, 6) is -0.189. The molecule has 3 aromatic carbocycles. The summed E-state index contributed by atoms with van der Waals surface area (Å²) in [6, 6.07) is 17.3. The topological polar surface area (TPSA) is 46.5 Å². The number of hydrogen-bond donors (Lipinski definition) is 1. The smallest absolute Gasteiger partial charge is 0.339 e. The zero-order chi connectivity index (χ0) is 16.4. The fourth-order valence-electron chi connectivity index (χ4n) is 2.83. The number of phenols is 1. The third kappa shape index (κ3) is 2.78. The molecule has 3 aromatic rings. The van der Waals surface area contributed by atoms with Crippen LogP contribution in [-0.4, -0.2) is 17.7 Å².